The molecule has 0 saturated carbocycles. The van der Waals surface area contributed by atoms with Gasteiger partial charge in [0, 0.05) is 45.3 Å². The maximum absolute atomic E-state index is 12.5. The number of nitrogens with zero attached hydrogens (tertiary/aromatic N) is 4. The highest BCUT2D eigenvalue weighted by molar-refractivity contribution is 5.81. The van der Waals surface area contributed by atoms with Gasteiger partial charge in [-0.15, -0.1) is 0 Å². The van der Waals surface area contributed by atoms with Crippen LogP contribution in [0.1, 0.15) is 19.8 Å². The smallest absolute Gasteiger partial charge is 0.239 e. The van der Waals surface area contributed by atoms with Crippen molar-refractivity contribution in [1.82, 2.24) is 20.2 Å². The lowest BCUT2D eigenvalue weighted by Crippen LogP contribution is -2.51. The van der Waals surface area contributed by atoms with Crippen LogP contribution in [0, 0.1) is 0 Å². The molecule has 138 valence electrons. The fraction of sp³-hybridized carbons (Fsp3) is 0.706. The molecule has 3 rings (SSSR count). The van der Waals surface area contributed by atoms with Crippen molar-refractivity contribution in [3.8, 4) is 0 Å². The van der Waals surface area contributed by atoms with E-state index in [1.807, 2.05) is 24.9 Å². The predicted octanol–water partition coefficient (Wildman–Crippen LogP) is 0.324. The van der Waals surface area contributed by atoms with Crippen LogP contribution in [0.2, 0.25) is 0 Å². The third-order valence-corrected chi connectivity index (χ3v) is 4.93. The molecule has 2 aliphatic rings. The summed E-state index contributed by atoms with van der Waals surface area (Å²) in [6.07, 6.45) is 3.83. The first-order valence-corrected chi connectivity index (χ1v) is 9.05. The SMILES string of the molecule is CNc1cc(N2CCCC2CNC(C)C(=O)N2CCOCC2)ncn1. The minimum absolute atomic E-state index is 0.160. The second-order valence-electron chi connectivity index (χ2n) is 6.57. The second kappa shape index (κ2) is 8.44. The number of aromatic nitrogens is 2. The van der Waals surface area contributed by atoms with Gasteiger partial charge >= 0.3 is 0 Å². The van der Waals surface area contributed by atoms with E-state index in [-0.39, 0.29) is 11.9 Å². The third-order valence-electron chi connectivity index (χ3n) is 4.93. The van der Waals surface area contributed by atoms with Crippen LogP contribution in [0.15, 0.2) is 12.4 Å². The number of morpholine rings is 1. The monoisotopic (exact) mass is 348 g/mol. The number of hydrogen-bond acceptors (Lipinski definition) is 7. The molecule has 0 spiro atoms. The second-order valence-corrected chi connectivity index (χ2v) is 6.57. The lowest BCUT2D eigenvalue weighted by molar-refractivity contribution is -0.137. The van der Waals surface area contributed by atoms with E-state index < -0.39 is 0 Å². The van der Waals surface area contributed by atoms with Gasteiger partial charge in [-0.1, -0.05) is 0 Å². The summed E-state index contributed by atoms with van der Waals surface area (Å²) >= 11 is 0. The van der Waals surface area contributed by atoms with Gasteiger partial charge in [0.05, 0.1) is 19.3 Å². The fourth-order valence-corrected chi connectivity index (χ4v) is 3.45. The Morgan fingerprint density at radius 3 is 2.92 bits per heavy atom. The van der Waals surface area contributed by atoms with Gasteiger partial charge in [-0.05, 0) is 19.8 Å². The molecule has 0 radical (unpaired) electrons. The molecule has 8 nitrogen and oxygen atoms in total. The summed E-state index contributed by atoms with van der Waals surface area (Å²) in [5.41, 5.74) is 0. The van der Waals surface area contributed by atoms with Crippen LogP contribution in [0.5, 0.6) is 0 Å². The van der Waals surface area contributed by atoms with E-state index in [2.05, 4.69) is 25.5 Å². The molecule has 1 amide bonds. The zero-order chi connectivity index (χ0) is 17.6. The summed E-state index contributed by atoms with van der Waals surface area (Å²) in [4.78, 5) is 25.3. The summed E-state index contributed by atoms with van der Waals surface area (Å²) < 4.78 is 5.31. The van der Waals surface area contributed by atoms with E-state index in [0.29, 0.717) is 32.3 Å². The molecule has 1 aromatic heterocycles. The van der Waals surface area contributed by atoms with Crippen molar-refractivity contribution in [2.45, 2.75) is 31.8 Å². The highest BCUT2D eigenvalue weighted by atomic mass is 16.5. The molecule has 3 heterocycles. The average molecular weight is 348 g/mol. The number of nitrogens with one attached hydrogen (secondary N) is 2. The normalized spacial score (nSPS) is 22.1. The molecular weight excluding hydrogens is 320 g/mol. The number of rotatable bonds is 6. The number of carbonyl (C=O) groups is 1. The van der Waals surface area contributed by atoms with E-state index in [9.17, 15) is 4.79 Å². The minimum Gasteiger partial charge on any atom is -0.378 e. The van der Waals surface area contributed by atoms with Gasteiger partial charge < -0.3 is 25.2 Å². The summed E-state index contributed by atoms with van der Waals surface area (Å²) in [6.45, 7) is 6.35. The van der Waals surface area contributed by atoms with Gasteiger partial charge in [0.1, 0.15) is 18.0 Å². The van der Waals surface area contributed by atoms with E-state index in [0.717, 1.165) is 37.6 Å². The average Bonchev–Trinajstić information content (AvgIpc) is 3.15. The van der Waals surface area contributed by atoms with Crippen molar-refractivity contribution in [2.75, 3.05) is 56.7 Å². The van der Waals surface area contributed by atoms with Crippen LogP contribution in [0.25, 0.3) is 0 Å². The standard InChI is InChI=1S/C17H28N6O2/c1-13(17(24)22-6-8-25-9-7-22)19-11-14-4-3-5-23(14)16-10-15(18-2)20-12-21-16/h10,12-14,19H,3-9,11H2,1-2H3,(H,18,20,21). The van der Waals surface area contributed by atoms with E-state index in [1.165, 1.54) is 0 Å². The van der Waals surface area contributed by atoms with Crippen LogP contribution in [-0.4, -0.2) is 79.3 Å². The molecule has 2 N–H and O–H groups in total. The van der Waals surface area contributed by atoms with Gasteiger partial charge in [-0.25, -0.2) is 9.97 Å². The van der Waals surface area contributed by atoms with Crippen molar-refractivity contribution in [3.05, 3.63) is 12.4 Å². The van der Waals surface area contributed by atoms with Gasteiger partial charge in [0.25, 0.3) is 0 Å². The lowest BCUT2D eigenvalue weighted by atomic mass is 10.2. The molecule has 8 heteroatoms. The largest absolute Gasteiger partial charge is 0.378 e. The van der Waals surface area contributed by atoms with Crippen LogP contribution in [0.3, 0.4) is 0 Å². The lowest BCUT2D eigenvalue weighted by Gasteiger charge is -2.31. The molecule has 1 aromatic rings. The molecule has 2 fully saturated rings. The van der Waals surface area contributed by atoms with Crippen molar-refractivity contribution < 1.29 is 9.53 Å². The van der Waals surface area contributed by atoms with Crippen molar-refractivity contribution in [3.63, 3.8) is 0 Å². The number of hydrogen-bond donors (Lipinski definition) is 2. The van der Waals surface area contributed by atoms with Gasteiger partial charge in [0.2, 0.25) is 5.91 Å². The van der Waals surface area contributed by atoms with E-state index in [1.54, 1.807) is 6.33 Å². The Balaban J connectivity index is 1.55. The third kappa shape index (κ3) is 4.38. The first-order chi connectivity index (χ1) is 12.2. The Hall–Kier alpha value is -1.93. The first-order valence-electron chi connectivity index (χ1n) is 9.05. The predicted molar refractivity (Wildman–Crippen MR) is 96.8 cm³/mol. The molecule has 0 aromatic carbocycles. The summed E-state index contributed by atoms with van der Waals surface area (Å²) in [5, 5.41) is 6.47. The van der Waals surface area contributed by atoms with Crippen molar-refractivity contribution in [2.24, 2.45) is 0 Å². The summed E-state index contributed by atoms with van der Waals surface area (Å²) in [5.74, 6) is 1.92. The fourth-order valence-electron chi connectivity index (χ4n) is 3.45. The van der Waals surface area contributed by atoms with Gasteiger partial charge in [0.15, 0.2) is 0 Å². The Labute approximate surface area is 148 Å². The molecule has 2 aliphatic heterocycles. The highest BCUT2D eigenvalue weighted by Crippen LogP contribution is 2.24. The zero-order valence-corrected chi connectivity index (χ0v) is 15.1. The number of ether oxygens (including phenoxy) is 1. The molecule has 25 heavy (non-hydrogen) atoms. The Morgan fingerprint density at radius 1 is 1.36 bits per heavy atom. The Bertz CT molecular complexity index is 578. The topological polar surface area (TPSA) is 82.6 Å². The summed E-state index contributed by atoms with van der Waals surface area (Å²) in [6, 6.07) is 2.14. The quantitative estimate of drug-likeness (QED) is 0.766. The summed E-state index contributed by atoms with van der Waals surface area (Å²) in [7, 11) is 1.86. The maximum atomic E-state index is 12.5. The molecule has 2 saturated heterocycles. The van der Waals surface area contributed by atoms with Crippen LogP contribution in [0.4, 0.5) is 11.6 Å². The van der Waals surface area contributed by atoms with Crippen LogP contribution < -0.4 is 15.5 Å². The van der Waals surface area contributed by atoms with Gasteiger partial charge in [-0.2, -0.15) is 0 Å². The molecule has 0 aliphatic carbocycles. The molecule has 2 unspecified atom stereocenters. The van der Waals surface area contributed by atoms with E-state index >= 15 is 0 Å². The molecule has 0 bridgehead atoms. The molecule has 2 atom stereocenters. The van der Waals surface area contributed by atoms with Crippen LogP contribution >= 0.6 is 0 Å². The Morgan fingerprint density at radius 2 is 2.16 bits per heavy atom. The number of anilines is 2. The zero-order valence-electron chi connectivity index (χ0n) is 15.1. The highest BCUT2D eigenvalue weighted by Gasteiger charge is 2.28. The van der Waals surface area contributed by atoms with Crippen molar-refractivity contribution >= 4 is 17.5 Å². The van der Waals surface area contributed by atoms with Crippen molar-refractivity contribution in [1.29, 1.82) is 0 Å². The van der Waals surface area contributed by atoms with Crippen LogP contribution in [-0.2, 0) is 9.53 Å². The number of carbonyl (C=O) groups excluding carboxylic acids is 1. The number of amides is 1. The maximum Gasteiger partial charge on any atom is 0.239 e. The minimum atomic E-state index is -0.182. The van der Waals surface area contributed by atoms with E-state index in [4.69, 9.17) is 4.74 Å². The molecular formula is C17H28N6O2. The first kappa shape index (κ1) is 17.9. The Kier molecular flexibility index (Phi) is 6.04. The van der Waals surface area contributed by atoms with Gasteiger partial charge in [-0.3, -0.25) is 4.79 Å².